The molecule has 0 radical (unpaired) electrons. The van der Waals surface area contributed by atoms with E-state index in [0.29, 0.717) is 23.7 Å². The number of benzene rings is 2. The van der Waals surface area contributed by atoms with Crippen LogP contribution in [0.4, 0.5) is 0 Å². The van der Waals surface area contributed by atoms with Crippen LogP contribution in [-0.2, 0) is 21.9 Å². The van der Waals surface area contributed by atoms with Gasteiger partial charge in [-0.1, -0.05) is 67.4 Å². The Morgan fingerprint density at radius 3 is 2.39 bits per heavy atom. The Hall–Kier alpha value is -1.98. The van der Waals surface area contributed by atoms with Gasteiger partial charge < -0.3 is 10.2 Å². The lowest BCUT2D eigenvalue weighted by molar-refractivity contribution is -0.139. The normalized spacial score (nSPS) is 12.8. The Kier molecular flexibility index (Phi) is 10.4. The van der Waals surface area contributed by atoms with E-state index in [2.05, 4.69) is 11.4 Å². The minimum Gasteiger partial charge on any atom is -0.352 e. The number of halogens is 1. The van der Waals surface area contributed by atoms with Gasteiger partial charge in [0.1, 0.15) is 6.04 Å². The average Bonchev–Trinajstić information content (AvgIpc) is 2.74. The predicted octanol–water partition coefficient (Wildman–Crippen LogP) is 5.60. The molecule has 2 aromatic rings. The number of hydrogen-bond donors (Lipinski definition) is 1. The lowest BCUT2D eigenvalue weighted by atomic mass is 10.1. The molecule has 0 fully saturated rings. The number of carbonyl (C=O) groups excluding carboxylic acids is 2. The zero-order valence-corrected chi connectivity index (χ0v) is 20.4. The fourth-order valence-electron chi connectivity index (χ4n) is 3.29. The van der Waals surface area contributed by atoms with Crippen molar-refractivity contribution >= 4 is 35.2 Å². The summed E-state index contributed by atoms with van der Waals surface area (Å²) in [5, 5.41) is 3.75. The van der Waals surface area contributed by atoms with Crippen LogP contribution in [0.3, 0.4) is 0 Å². The Morgan fingerprint density at radius 2 is 1.77 bits per heavy atom. The highest BCUT2D eigenvalue weighted by molar-refractivity contribution is 7.99. The van der Waals surface area contributed by atoms with Gasteiger partial charge in [-0.15, -0.1) is 11.8 Å². The first-order valence-corrected chi connectivity index (χ1v) is 12.3. The van der Waals surface area contributed by atoms with Gasteiger partial charge in [-0.2, -0.15) is 0 Å². The van der Waals surface area contributed by atoms with Crippen molar-refractivity contribution < 1.29 is 9.59 Å². The monoisotopic (exact) mass is 460 g/mol. The van der Waals surface area contributed by atoms with Gasteiger partial charge in [0.15, 0.2) is 0 Å². The van der Waals surface area contributed by atoms with E-state index < -0.39 is 6.04 Å². The number of nitrogens with one attached hydrogen (secondary N) is 1. The first-order valence-electron chi connectivity index (χ1n) is 10.8. The predicted molar refractivity (Wildman–Crippen MR) is 131 cm³/mol. The highest BCUT2D eigenvalue weighted by atomic mass is 35.5. The first kappa shape index (κ1) is 25.3. The van der Waals surface area contributed by atoms with Crippen molar-refractivity contribution in [3.8, 4) is 0 Å². The zero-order chi connectivity index (χ0) is 22.8. The lowest BCUT2D eigenvalue weighted by Gasteiger charge is -2.31. The van der Waals surface area contributed by atoms with Crippen LogP contribution in [0.25, 0.3) is 0 Å². The number of hydrogen-bond acceptors (Lipinski definition) is 3. The minimum atomic E-state index is -0.488. The van der Waals surface area contributed by atoms with Crippen LogP contribution >= 0.6 is 23.4 Å². The molecule has 0 aliphatic carbocycles. The topological polar surface area (TPSA) is 49.4 Å². The second-order valence-corrected chi connectivity index (χ2v) is 9.29. The first-order chi connectivity index (χ1) is 14.8. The van der Waals surface area contributed by atoms with Crippen LogP contribution in [0, 0.1) is 6.92 Å². The zero-order valence-electron chi connectivity index (χ0n) is 18.9. The number of aryl methyl sites for hydroxylation is 1. The van der Waals surface area contributed by atoms with Gasteiger partial charge in [-0.25, -0.2) is 0 Å². The molecular formula is C25H33ClN2O2S. The van der Waals surface area contributed by atoms with E-state index in [-0.39, 0.29) is 17.9 Å². The molecule has 0 saturated carbocycles. The summed E-state index contributed by atoms with van der Waals surface area (Å²) in [6, 6.07) is 15.3. The molecule has 0 unspecified atom stereocenters. The number of rotatable bonds is 11. The summed E-state index contributed by atoms with van der Waals surface area (Å²) >= 11 is 7.50. The highest BCUT2D eigenvalue weighted by Gasteiger charge is 2.29. The molecule has 2 rings (SSSR count). The van der Waals surface area contributed by atoms with Gasteiger partial charge in [0.25, 0.3) is 0 Å². The molecule has 0 saturated heterocycles. The molecule has 0 aliphatic heterocycles. The summed E-state index contributed by atoms with van der Waals surface area (Å²) in [7, 11) is 0. The molecule has 0 aromatic heterocycles. The maximum Gasteiger partial charge on any atom is 0.243 e. The second-order valence-electron chi connectivity index (χ2n) is 7.87. The van der Waals surface area contributed by atoms with Crippen molar-refractivity contribution in [3.63, 3.8) is 0 Å². The lowest BCUT2D eigenvalue weighted by Crippen LogP contribution is -2.51. The molecule has 6 heteroatoms. The van der Waals surface area contributed by atoms with E-state index in [0.717, 1.165) is 28.9 Å². The average molecular weight is 461 g/mol. The van der Waals surface area contributed by atoms with Crippen LogP contribution < -0.4 is 5.32 Å². The van der Waals surface area contributed by atoms with Crippen molar-refractivity contribution in [3.05, 3.63) is 70.2 Å². The van der Waals surface area contributed by atoms with E-state index in [1.54, 1.807) is 16.7 Å². The third-order valence-corrected chi connectivity index (χ3v) is 6.47. The molecule has 0 spiro atoms. The Morgan fingerprint density at radius 1 is 1.06 bits per heavy atom. The van der Waals surface area contributed by atoms with E-state index in [4.69, 9.17) is 11.6 Å². The number of amides is 2. The fourth-order valence-corrected chi connectivity index (χ4v) is 4.28. The molecule has 0 heterocycles. The summed E-state index contributed by atoms with van der Waals surface area (Å²) < 4.78 is 0. The molecule has 168 valence electrons. The third kappa shape index (κ3) is 8.23. The number of nitrogens with zero attached hydrogens (tertiary/aromatic N) is 1. The summed E-state index contributed by atoms with van der Waals surface area (Å²) in [5.74, 6) is 0.936. The van der Waals surface area contributed by atoms with Crippen molar-refractivity contribution in [2.24, 2.45) is 0 Å². The smallest absolute Gasteiger partial charge is 0.243 e. The van der Waals surface area contributed by atoms with E-state index >= 15 is 0 Å². The van der Waals surface area contributed by atoms with E-state index in [1.165, 1.54) is 0 Å². The van der Waals surface area contributed by atoms with Gasteiger partial charge in [0.05, 0.1) is 5.75 Å². The summed E-state index contributed by atoms with van der Waals surface area (Å²) in [4.78, 5) is 27.9. The van der Waals surface area contributed by atoms with E-state index in [1.807, 2.05) is 70.2 Å². The molecule has 0 aliphatic rings. The molecule has 2 amide bonds. The molecule has 2 atom stereocenters. The van der Waals surface area contributed by atoms with Crippen molar-refractivity contribution in [2.45, 2.75) is 64.9 Å². The minimum absolute atomic E-state index is 0.0216. The Labute approximate surface area is 195 Å². The van der Waals surface area contributed by atoms with E-state index in [9.17, 15) is 9.59 Å². The summed E-state index contributed by atoms with van der Waals surface area (Å²) in [6.07, 6.45) is 1.42. The van der Waals surface area contributed by atoms with Crippen molar-refractivity contribution in [1.82, 2.24) is 10.2 Å². The Balaban J connectivity index is 2.13. The van der Waals surface area contributed by atoms with Gasteiger partial charge in [0, 0.05) is 23.4 Å². The van der Waals surface area contributed by atoms with Crippen LogP contribution in [0.5, 0.6) is 0 Å². The van der Waals surface area contributed by atoms with Crippen LogP contribution in [0.15, 0.2) is 48.5 Å². The highest BCUT2D eigenvalue weighted by Crippen LogP contribution is 2.19. The molecular weight excluding hydrogens is 428 g/mol. The van der Waals surface area contributed by atoms with Crippen molar-refractivity contribution in [2.75, 3.05) is 5.75 Å². The summed E-state index contributed by atoms with van der Waals surface area (Å²) in [5.41, 5.74) is 3.29. The fraction of sp³-hybridized carbons (Fsp3) is 0.440. The van der Waals surface area contributed by atoms with Gasteiger partial charge in [0.2, 0.25) is 11.8 Å². The largest absolute Gasteiger partial charge is 0.352 e. The number of thioether (sulfide) groups is 1. The maximum absolute atomic E-state index is 13.2. The second kappa shape index (κ2) is 12.8. The van der Waals surface area contributed by atoms with Gasteiger partial charge in [-0.3, -0.25) is 9.59 Å². The molecule has 2 aromatic carbocycles. The van der Waals surface area contributed by atoms with Crippen LogP contribution in [0.2, 0.25) is 5.02 Å². The van der Waals surface area contributed by atoms with Gasteiger partial charge >= 0.3 is 0 Å². The third-order valence-electron chi connectivity index (χ3n) is 5.23. The summed E-state index contributed by atoms with van der Waals surface area (Å²) in [6.45, 7) is 8.44. The maximum atomic E-state index is 13.2. The molecule has 4 nitrogen and oxygen atoms in total. The van der Waals surface area contributed by atoms with Gasteiger partial charge in [-0.05, 0) is 49.9 Å². The number of carbonyl (C=O) groups is 2. The quantitative estimate of drug-likeness (QED) is 0.474. The SMILES string of the molecule is CC[C@H](C)NC(=O)[C@H](CC)N(Cc1cccc(C)c1)C(=O)CSCc1ccc(Cl)cc1. The standard InChI is InChI=1S/C25H33ClN2O2S/c1-5-19(4)27-25(30)23(6-2)28(15-21-9-7-8-18(3)14-21)24(29)17-31-16-20-10-12-22(26)13-11-20/h7-14,19,23H,5-6,15-17H2,1-4H3,(H,27,30)/t19-,23-/m0/s1. The van der Waals surface area contributed by atoms with Crippen molar-refractivity contribution in [1.29, 1.82) is 0 Å². The molecule has 0 bridgehead atoms. The Bertz CT molecular complexity index is 857. The van der Waals surface area contributed by atoms with Crippen LogP contribution in [0.1, 0.15) is 50.3 Å². The van der Waals surface area contributed by atoms with Crippen LogP contribution in [-0.4, -0.2) is 34.6 Å². The molecule has 31 heavy (non-hydrogen) atoms. The molecule has 1 N–H and O–H groups in total.